The number of nitro groups is 1. The van der Waals surface area contributed by atoms with Crippen LogP contribution >= 0.6 is 11.6 Å². The van der Waals surface area contributed by atoms with E-state index in [9.17, 15) is 14.9 Å². The summed E-state index contributed by atoms with van der Waals surface area (Å²) >= 11 is 5.66. The predicted octanol–water partition coefficient (Wildman–Crippen LogP) is 1.66. The zero-order valence-electron chi connectivity index (χ0n) is 7.28. The molecule has 1 aromatic rings. The number of carbonyl (C=O) groups excluding carboxylic acids is 1. The van der Waals surface area contributed by atoms with Gasteiger partial charge in [-0.3, -0.25) is 14.9 Å². The maximum absolute atomic E-state index is 10.9. The summed E-state index contributed by atoms with van der Waals surface area (Å²) in [5, 5.41) is 10.3. The average molecular weight is 215 g/mol. The van der Waals surface area contributed by atoms with Crippen molar-refractivity contribution in [1.82, 2.24) is 0 Å². The highest BCUT2D eigenvalue weighted by Gasteiger charge is 2.20. The van der Waals surface area contributed by atoms with E-state index in [1.807, 2.05) is 0 Å². The van der Waals surface area contributed by atoms with E-state index in [0.29, 0.717) is 5.56 Å². The minimum atomic E-state index is -0.767. The fourth-order valence-corrected chi connectivity index (χ4v) is 1.48. The number of hydrogen-bond donors (Lipinski definition) is 1. The summed E-state index contributed by atoms with van der Waals surface area (Å²) in [6.07, 6.45) is 0. The Bertz CT molecular complexity index is 417. The van der Waals surface area contributed by atoms with E-state index >= 15 is 0 Å². The first-order valence-electron chi connectivity index (χ1n) is 3.68. The smallest absolute Gasteiger partial charge is 0.288 e. The number of halogens is 1. The zero-order chi connectivity index (χ0) is 10.9. The summed E-state index contributed by atoms with van der Waals surface area (Å²) in [7, 11) is 0. The number of hydrogen-bond acceptors (Lipinski definition) is 3. The average Bonchev–Trinajstić information content (AvgIpc) is 2.02. The van der Waals surface area contributed by atoms with Crippen molar-refractivity contribution in [2.45, 2.75) is 6.92 Å². The lowest BCUT2D eigenvalue weighted by atomic mass is 10.1. The summed E-state index contributed by atoms with van der Waals surface area (Å²) in [6.45, 7) is 1.61. The van der Waals surface area contributed by atoms with Gasteiger partial charge in [-0.25, -0.2) is 0 Å². The Hall–Kier alpha value is -1.62. The van der Waals surface area contributed by atoms with Gasteiger partial charge in [0.2, 0.25) is 0 Å². The van der Waals surface area contributed by atoms with E-state index in [1.165, 1.54) is 12.1 Å². The Morgan fingerprint density at radius 2 is 2.14 bits per heavy atom. The Balaban J connectivity index is 3.49. The molecule has 0 saturated carbocycles. The third-order valence-corrected chi connectivity index (χ3v) is 2.16. The van der Waals surface area contributed by atoms with E-state index in [1.54, 1.807) is 6.92 Å². The van der Waals surface area contributed by atoms with Crippen molar-refractivity contribution in [2.75, 3.05) is 0 Å². The molecule has 0 aliphatic carbocycles. The Morgan fingerprint density at radius 3 is 2.57 bits per heavy atom. The van der Waals surface area contributed by atoms with Crippen LogP contribution < -0.4 is 5.73 Å². The van der Waals surface area contributed by atoms with Crippen LogP contribution in [0.4, 0.5) is 5.69 Å². The molecule has 0 bridgehead atoms. The van der Waals surface area contributed by atoms with Crippen molar-refractivity contribution in [3.05, 3.63) is 38.4 Å². The number of carbonyl (C=O) groups is 1. The predicted molar refractivity (Wildman–Crippen MR) is 51.4 cm³/mol. The highest BCUT2D eigenvalue weighted by Crippen LogP contribution is 2.29. The van der Waals surface area contributed by atoms with E-state index in [2.05, 4.69) is 0 Å². The quantitative estimate of drug-likeness (QED) is 0.600. The van der Waals surface area contributed by atoms with Gasteiger partial charge in [-0.1, -0.05) is 17.7 Å². The van der Waals surface area contributed by atoms with Crippen molar-refractivity contribution in [3.63, 3.8) is 0 Å². The van der Waals surface area contributed by atoms with Crippen LogP contribution in [0.2, 0.25) is 5.02 Å². The van der Waals surface area contributed by atoms with E-state index in [-0.39, 0.29) is 16.3 Å². The summed E-state index contributed by atoms with van der Waals surface area (Å²) in [5.41, 5.74) is 5.25. The third-order valence-electron chi connectivity index (χ3n) is 1.77. The number of rotatable bonds is 2. The van der Waals surface area contributed by atoms with Gasteiger partial charge in [0.05, 0.1) is 10.5 Å². The molecule has 1 rings (SSSR count). The van der Waals surface area contributed by atoms with Crippen LogP contribution in [-0.4, -0.2) is 10.8 Å². The van der Waals surface area contributed by atoms with Crippen LogP contribution in [0.5, 0.6) is 0 Å². The summed E-state index contributed by atoms with van der Waals surface area (Å²) in [6, 6.07) is 2.67. The van der Waals surface area contributed by atoms with Crippen LogP contribution in [0, 0.1) is 17.0 Å². The molecule has 6 heteroatoms. The highest BCUT2D eigenvalue weighted by molar-refractivity contribution is 6.36. The Morgan fingerprint density at radius 1 is 1.57 bits per heavy atom. The lowest BCUT2D eigenvalue weighted by molar-refractivity contribution is -0.384. The summed E-state index contributed by atoms with van der Waals surface area (Å²) in [4.78, 5) is 20.8. The number of aryl methyl sites for hydroxylation is 1. The van der Waals surface area contributed by atoms with Gasteiger partial charge in [0.1, 0.15) is 5.02 Å². The van der Waals surface area contributed by atoms with Crippen LogP contribution in [0.3, 0.4) is 0 Å². The second-order valence-electron chi connectivity index (χ2n) is 2.71. The number of nitrogens with two attached hydrogens (primary N) is 1. The zero-order valence-corrected chi connectivity index (χ0v) is 8.04. The molecular formula is C8H7ClN2O3. The lowest BCUT2D eigenvalue weighted by Crippen LogP contribution is -2.14. The fraction of sp³-hybridized carbons (Fsp3) is 0.125. The molecule has 0 saturated heterocycles. The van der Waals surface area contributed by atoms with Crippen LogP contribution in [0.15, 0.2) is 12.1 Å². The van der Waals surface area contributed by atoms with E-state index < -0.39 is 10.8 Å². The molecule has 1 aromatic carbocycles. The molecule has 0 aliphatic heterocycles. The first-order chi connectivity index (χ1) is 6.45. The molecule has 0 spiro atoms. The minimum Gasteiger partial charge on any atom is -0.366 e. The van der Waals surface area contributed by atoms with Crippen molar-refractivity contribution in [1.29, 1.82) is 0 Å². The van der Waals surface area contributed by atoms with Gasteiger partial charge < -0.3 is 5.73 Å². The second-order valence-corrected chi connectivity index (χ2v) is 3.09. The molecule has 0 unspecified atom stereocenters. The van der Waals surface area contributed by atoms with Crippen LogP contribution in [0.25, 0.3) is 0 Å². The molecule has 2 N–H and O–H groups in total. The van der Waals surface area contributed by atoms with Gasteiger partial charge in [0, 0.05) is 6.07 Å². The lowest BCUT2D eigenvalue weighted by Gasteiger charge is -2.03. The molecule has 0 atom stereocenters. The largest absolute Gasteiger partial charge is 0.366 e. The molecule has 1 amide bonds. The van der Waals surface area contributed by atoms with E-state index in [4.69, 9.17) is 17.3 Å². The molecule has 0 radical (unpaired) electrons. The summed E-state index contributed by atoms with van der Waals surface area (Å²) in [5.74, 6) is -0.767. The fourth-order valence-electron chi connectivity index (χ4n) is 1.11. The second kappa shape index (κ2) is 3.63. The molecule has 5 nitrogen and oxygen atoms in total. The standard InChI is InChI=1S/C8H7ClN2O3/c1-4-2-3-5(11(13)14)7(9)6(4)8(10)12/h2-3H,1H3,(H2,10,12). The van der Waals surface area contributed by atoms with Crippen LogP contribution in [0.1, 0.15) is 15.9 Å². The molecule has 0 aromatic heterocycles. The van der Waals surface area contributed by atoms with Crippen LogP contribution in [-0.2, 0) is 0 Å². The Labute approximate surface area is 84.6 Å². The number of nitrogens with zero attached hydrogens (tertiary/aromatic N) is 1. The monoisotopic (exact) mass is 214 g/mol. The SMILES string of the molecule is Cc1ccc([N+](=O)[O-])c(Cl)c1C(N)=O. The third kappa shape index (κ3) is 1.67. The molecule has 0 fully saturated rings. The van der Waals surface area contributed by atoms with Gasteiger partial charge in [0.25, 0.3) is 11.6 Å². The normalized spacial score (nSPS) is 9.86. The molecular weight excluding hydrogens is 208 g/mol. The Kier molecular flexibility index (Phi) is 2.71. The molecule has 0 aliphatic rings. The van der Waals surface area contributed by atoms with Crippen molar-refractivity contribution >= 4 is 23.2 Å². The molecule has 14 heavy (non-hydrogen) atoms. The topological polar surface area (TPSA) is 86.2 Å². The number of primary amides is 1. The molecule has 74 valence electrons. The summed E-state index contributed by atoms with van der Waals surface area (Å²) < 4.78 is 0. The number of nitro benzene ring substituents is 1. The maximum atomic E-state index is 10.9. The van der Waals surface area contributed by atoms with Crippen molar-refractivity contribution in [2.24, 2.45) is 5.73 Å². The number of benzene rings is 1. The number of amides is 1. The van der Waals surface area contributed by atoms with Gasteiger partial charge >= 0.3 is 0 Å². The van der Waals surface area contributed by atoms with Gasteiger partial charge in [-0.15, -0.1) is 0 Å². The molecule has 0 heterocycles. The minimum absolute atomic E-state index is 0.000802. The highest BCUT2D eigenvalue weighted by atomic mass is 35.5. The first kappa shape index (κ1) is 10.5. The van der Waals surface area contributed by atoms with E-state index in [0.717, 1.165) is 0 Å². The van der Waals surface area contributed by atoms with Gasteiger partial charge in [-0.2, -0.15) is 0 Å². The van der Waals surface area contributed by atoms with Gasteiger partial charge in [0.15, 0.2) is 0 Å². The van der Waals surface area contributed by atoms with Gasteiger partial charge in [-0.05, 0) is 12.5 Å². The van der Waals surface area contributed by atoms with Crippen molar-refractivity contribution < 1.29 is 9.72 Å². The van der Waals surface area contributed by atoms with Crippen molar-refractivity contribution in [3.8, 4) is 0 Å². The maximum Gasteiger partial charge on any atom is 0.288 e. The first-order valence-corrected chi connectivity index (χ1v) is 4.06.